The highest BCUT2D eigenvalue weighted by Gasteiger charge is 2.23. The van der Waals surface area contributed by atoms with Crippen LogP contribution in [0, 0.1) is 5.92 Å². The minimum Gasteiger partial charge on any atom is -0.454 e. The Morgan fingerprint density at radius 1 is 1.19 bits per heavy atom. The van der Waals surface area contributed by atoms with Crippen LogP contribution in [0.3, 0.4) is 0 Å². The third kappa shape index (κ3) is 3.72. The Hall–Kier alpha value is -2.82. The van der Waals surface area contributed by atoms with E-state index in [0.717, 1.165) is 31.4 Å². The summed E-state index contributed by atoms with van der Waals surface area (Å²) in [7, 11) is 0. The third-order valence-corrected chi connectivity index (χ3v) is 4.86. The van der Waals surface area contributed by atoms with E-state index in [-0.39, 0.29) is 12.7 Å². The van der Waals surface area contributed by atoms with E-state index in [1.165, 1.54) is 0 Å². The Morgan fingerprint density at radius 3 is 2.92 bits per heavy atom. The molecule has 2 aromatic rings. The topological polar surface area (TPSA) is 51.7 Å². The monoisotopic (exact) mass is 350 g/mol. The predicted octanol–water partition coefficient (Wildman–Crippen LogP) is 3.81. The van der Waals surface area contributed by atoms with E-state index in [2.05, 4.69) is 17.1 Å². The van der Waals surface area contributed by atoms with Crippen molar-refractivity contribution in [2.24, 2.45) is 5.92 Å². The molecule has 1 amide bonds. The molecule has 0 bridgehead atoms. The molecule has 2 aliphatic rings. The van der Waals surface area contributed by atoms with Gasteiger partial charge in [0.1, 0.15) is 0 Å². The van der Waals surface area contributed by atoms with E-state index in [1.807, 2.05) is 29.3 Å². The van der Waals surface area contributed by atoms with Crippen molar-refractivity contribution in [1.29, 1.82) is 0 Å². The second-order valence-corrected chi connectivity index (χ2v) is 6.77. The van der Waals surface area contributed by atoms with Gasteiger partial charge in [-0.3, -0.25) is 9.78 Å². The average molecular weight is 350 g/mol. The van der Waals surface area contributed by atoms with Crippen LogP contribution < -0.4 is 9.47 Å². The highest BCUT2D eigenvalue weighted by molar-refractivity contribution is 5.95. The van der Waals surface area contributed by atoms with Crippen LogP contribution in [-0.2, 0) is 6.54 Å². The zero-order chi connectivity index (χ0) is 17.8. The highest BCUT2D eigenvalue weighted by Crippen LogP contribution is 2.33. The number of benzene rings is 1. The molecular formula is C21H22N2O3. The number of ether oxygens (including phenoxy) is 2. The minimum absolute atomic E-state index is 0.0155. The number of aromatic nitrogens is 1. The molecule has 0 fully saturated rings. The summed E-state index contributed by atoms with van der Waals surface area (Å²) in [5.41, 5.74) is 1.66. The van der Waals surface area contributed by atoms with Gasteiger partial charge in [0.05, 0.1) is 0 Å². The number of allylic oxidation sites excluding steroid dienone is 2. The molecule has 0 N–H and O–H groups in total. The van der Waals surface area contributed by atoms with Crippen molar-refractivity contribution in [2.75, 3.05) is 13.3 Å². The summed E-state index contributed by atoms with van der Waals surface area (Å²) < 4.78 is 10.8. The van der Waals surface area contributed by atoms with Crippen LogP contribution in [-0.4, -0.2) is 29.1 Å². The summed E-state index contributed by atoms with van der Waals surface area (Å²) in [6.45, 7) is 1.51. The fourth-order valence-electron chi connectivity index (χ4n) is 3.48. The number of hydrogen-bond acceptors (Lipinski definition) is 4. The number of fused-ring (bicyclic) bond motifs is 1. The van der Waals surface area contributed by atoms with Crippen molar-refractivity contribution in [3.8, 4) is 11.5 Å². The quantitative estimate of drug-likeness (QED) is 0.770. The first-order valence-electron chi connectivity index (χ1n) is 9.02. The summed E-state index contributed by atoms with van der Waals surface area (Å²) >= 11 is 0. The molecule has 0 spiro atoms. The molecule has 26 heavy (non-hydrogen) atoms. The van der Waals surface area contributed by atoms with Gasteiger partial charge in [0.25, 0.3) is 5.91 Å². The van der Waals surface area contributed by atoms with Crippen molar-refractivity contribution in [3.63, 3.8) is 0 Å². The Morgan fingerprint density at radius 2 is 2.12 bits per heavy atom. The predicted molar refractivity (Wildman–Crippen MR) is 98.0 cm³/mol. The van der Waals surface area contributed by atoms with Crippen molar-refractivity contribution in [3.05, 3.63) is 66.0 Å². The zero-order valence-corrected chi connectivity index (χ0v) is 14.6. The SMILES string of the molecule is O=C(c1ccc2c(c1)OCO2)N(Cc1cccnc1)C[C@@H]1CC=CCC1. The average Bonchev–Trinajstić information content (AvgIpc) is 3.16. The van der Waals surface area contributed by atoms with Crippen LogP contribution in [0.4, 0.5) is 0 Å². The first-order chi connectivity index (χ1) is 12.8. The Balaban J connectivity index is 1.56. The Bertz CT molecular complexity index is 804. The van der Waals surface area contributed by atoms with Crippen molar-refractivity contribution >= 4 is 5.91 Å². The molecule has 1 atom stereocenters. The summed E-state index contributed by atoms with van der Waals surface area (Å²) in [4.78, 5) is 19.3. The zero-order valence-electron chi connectivity index (χ0n) is 14.6. The van der Waals surface area contributed by atoms with Crippen LogP contribution in [0.1, 0.15) is 35.2 Å². The molecule has 1 aromatic carbocycles. The lowest BCUT2D eigenvalue weighted by Crippen LogP contribution is -2.35. The lowest BCUT2D eigenvalue weighted by atomic mass is 9.93. The second kappa shape index (κ2) is 7.60. The van der Waals surface area contributed by atoms with Gasteiger partial charge in [-0.25, -0.2) is 0 Å². The number of rotatable bonds is 5. The number of pyridine rings is 1. The van der Waals surface area contributed by atoms with E-state index in [9.17, 15) is 4.79 Å². The molecule has 0 radical (unpaired) electrons. The van der Waals surface area contributed by atoms with Crippen molar-refractivity contribution in [1.82, 2.24) is 9.88 Å². The summed E-state index contributed by atoms with van der Waals surface area (Å²) in [5, 5.41) is 0. The van der Waals surface area contributed by atoms with Crippen molar-refractivity contribution in [2.45, 2.75) is 25.8 Å². The van der Waals surface area contributed by atoms with E-state index >= 15 is 0 Å². The Labute approximate surface area is 153 Å². The van der Waals surface area contributed by atoms with Crippen LogP contribution in [0.15, 0.2) is 54.9 Å². The van der Waals surface area contributed by atoms with Crippen molar-refractivity contribution < 1.29 is 14.3 Å². The van der Waals surface area contributed by atoms with Gasteiger partial charge < -0.3 is 14.4 Å². The second-order valence-electron chi connectivity index (χ2n) is 6.77. The number of carbonyl (C=O) groups is 1. The molecule has 1 aliphatic heterocycles. The van der Waals surface area contributed by atoms with Crippen LogP contribution in [0.25, 0.3) is 0 Å². The lowest BCUT2D eigenvalue weighted by Gasteiger charge is -2.28. The maximum absolute atomic E-state index is 13.2. The van der Waals surface area contributed by atoms with E-state index < -0.39 is 0 Å². The fourth-order valence-corrected chi connectivity index (χ4v) is 3.48. The normalized spacial score (nSPS) is 17.9. The maximum atomic E-state index is 13.2. The van der Waals surface area contributed by atoms with Gasteiger partial charge in [0, 0.05) is 31.0 Å². The van der Waals surface area contributed by atoms with Gasteiger partial charge in [0.15, 0.2) is 11.5 Å². The van der Waals surface area contributed by atoms with Crippen LogP contribution >= 0.6 is 0 Å². The molecule has 134 valence electrons. The van der Waals surface area contributed by atoms with Gasteiger partial charge >= 0.3 is 0 Å². The first kappa shape index (κ1) is 16.6. The standard InChI is InChI=1S/C21H22N2O3/c24-21(18-8-9-19-20(11-18)26-15-25-19)23(13-16-5-2-1-3-6-16)14-17-7-4-10-22-12-17/h1-2,4,7-12,16H,3,5-6,13-15H2/t16-/m1/s1. The molecule has 0 saturated carbocycles. The minimum atomic E-state index is 0.0155. The number of amides is 1. The maximum Gasteiger partial charge on any atom is 0.254 e. The first-order valence-corrected chi connectivity index (χ1v) is 9.02. The van der Waals surface area contributed by atoms with Gasteiger partial charge in [-0.1, -0.05) is 18.2 Å². The molecule has 0 unspecified atom stereocenters. The van der Waals surface area contributed by atoms with Gasteiger partial charge in [0.2, 0.25) is 6.79 Å². The molecule has 5 nitrogen and oxygen atoms in total. The molecule has 5 heteroatoms. The molecule has 1 aliphatic carbocycles. The largest absolute Gasteiger partial charge is 0.454 e. The summed E-state index contributed by atoms with van der Waals surface area (Å²) in [5.74, 6) is 1.84. The number of nitrogens with zero attached hydrogens (tertiary/aromatic N) is 2. The van der Waals surface area contributed by atoms with E-state index in [1.54, 1.807) is 18.3 Å². The Kier molecular flexibility index (Phi) is 4.86. The van der Waals surface area contributed by atoms with Gasteiger partial charge in [-0.15, -0.1) is 0 Å². The van der Waals surface area contributed by atoms with Crippen LogP contribution in [0.2, 0.25) is 0 Å². The number of carbonyl (C=O) groups excluding carboxylic acids is 1. The summed E-state index contributed by atoms with van der Waals surface area (Å²) in [6.07, 6.45) is 11.2. The lowest BCUT2D eigenvalue weighted by molar-refractivity contribution is 0.0709. The van der Waals surface area contributed by atoms with E-state index in [4.69, 9.17) is 9.47 Å². The third-order valence-electron chi connectivity index (χ3n) is 4.86. The summed E-state index contributed by atoms with van der Waals surface area (Å²) in [6, 6.07) is 9.31. The molecule has 2 heterocycles. The molecule has 4 rings (SSSR count). The van der Waals surface area contributed by atoms with Crippen LogP contribution in [0.5, 0.6) is 11.5 Å². The fraction of sp³-hybridized carbons (Fsp3) is 0.333. The van der Waals surface area contributed by atoms with Gasteiger partial charge in [-0.05, 0) is 55.0 Å². The smallest absolute Gasteiger partial charge is 0.254 e. The molecule has 0 saturated heterocycles. The highest BCUT2D eigenvalue weighted by atomic mass is 16.7. The number of hydrogen-bond donors (Lipinski definition) is 0. The van der Waals surface area contributed by atoms with E-state index in [0.29, 0.717) is 29.5 Å². The van der Waals surface area contributed by atoms with Gasteiger partial charge in [-0.2, -0.15) is 0 Å². The molecule has 1 aromatic heterocycles. The molecular weight excluding hydrogens is 328 g/mol.